The molecule has 1 aliphatic heterocycles. The van der Waals surface area contributed by atoms with Crippen LogP contribution in [0, 0.1) is 0 Å². The average Bonchev–Trinajstić information content (AvgIpc) is 3.67. The first-order chi connectivity index (χ1) is 31.7. The van der Waals surface area contributed by atoms with E-state index < -0.39 is 5.41 Å². The van der Waals surface area contributed by atoms with E-state index in [1.54, 1.807) is 0 Å². The van der Waals surface area contributed by atoms with Crippen LogP contribution in [-0.4, -0.2) is 19.9 Å². The van der Waals surface area contributed by atoms with Crippen molar-refractivity contribution >= 4 is 21.7 Å². The molecule has 1 spiro atoms. The molecule has 0 amide bonds. The number of fused-ring (bicyclic) bond motifs is 13. The van der Waals surface area contributed by atoms with Crippen molar-refractivity contribution in [3.63, 3.8) is 0 Å². The lowest BCUT2D eigenvalue weighted by atomic mass is 9.66. The van der Waals surface area contributed by atoms with Crippen LogP contribution in [-0.2, 0) is 5.41 Å². The van der Waals surface area contributed by atoms with Gasteiger partial charge in [-0.1, -0.05) is 200 Å². The summed E-state index contributed by atoms with van der Waals surface area (Å²) < 4.78 is 6.64. The van der Waals surface area contributed by atoms with E-state index in [0.717, 1.165) is 78.0 Å². The van der Waals surface area contributed by atoms with Crippen LogP contribution >= 0.6 is 0 Å². The second-order valence-corrected chi connectivity index (χ2v) is 16.5. The van der Waals surface area contributed by atoms with E-state index in [9.17, 15) is 0 Å². The highest BCUT2D eigenvalue weighted by Gasteiger charge is 2.51. The normalized spacial score (nSPS) is 12.9. The molecule has 0 radical (unpaired) electrons. The van der Waals surface area contributed by atoms with E-state index in [0.29, 0.717) is 17.5 Å². The molecule has 0 unspecified atom stereocenters. The van der Waals surface area contributed by atoms with Crippen molar-refractivity contribution in [1.29, 1.82) is 0 Å². The van der Waals surface area contributed by atoms with Gasteiger partial charge in [0.25, 0.3) is 0 Å². The van der Waals surface area contributed by atoms with Crippen LogP contribution in [0.1, 0.15) is 22.3 Å². The van der Waals surface area contributed by atoms with Gasteiger partial charge < -0.3 is 4.74 Å². The van der Waals surface area contributed by atoms with Crippen molar-refractivity contribution in [2.24, 2.45) is 0 Å². The molecule has 13 rings (SSSR count). The van der Waals surface area contributed by atoms with Gasteiger partial charge >= 0.3 is 0 Å². The summed E-state index contributed by atoms with van der Waals surface area (Å²) in [7, 11) is 0. The number of rotatable bonds is 5. The van der Waals surface area contributed by atoms with Gasteiger partial charge in [-0.05, 0) is 51.6 Å². The fourth-order valence-corrected chi connectivity index (χ4v) is 10.2. The Morgan fingerprint density at radius 2 is 0.797 bits per heavy atom. The summed E-state index contributed by atoms with van der Waals surface area (Å²) in [6.45, 7) is 0. The van der Waals surface area contributed by atoms with E-state index in [2.05, 4.69) is 158 Å². The zero-order valence-electron chi connectivity index (χ0n) is 34.5. The molecule has 0 saturated carbocycles. The minimum atomic E-state index is -0.571. The summed E-state index contributed by atoms with van der Waals surface area (Å²) in [5.41, 5.74) is 14.6. The number of benzene rings is 9. The van der Waals surface area contributed by atoms with Crippen molar-refractivity contribution < 1.29 is 4.74 Å². The molecule has 0 atom stereocenters. The molecule has 5 heteroatoms. The van der Waals surface area contributed by atoms with Crippen molar-refractivity contribution in [2.75, 3.05) is 0 Å². The molecule has 0 N–H and O–H groups in total. The Morgan fingerprint density at radius 3 is 1.41 bits per heavy atom. The van der Waals surface area contributed by atoms with Gasteiger partial charge in [0.2, 0.25) is 0 Å². The highest BCUT2D eigenvalue weighted by molar-refractivity contribution is 6.20. The number of hydrogen-bond acceptors (Lipinski definition) is 5. The molecule has 2 aliphatic rings. The predicted octanol–water partition coefficient (Wildman–Crippen LogP) is 14.4. The third-order valence-electron chi connectivity index (χ3n) is 13.0. The summed E-state index contributed by atoms with van der Waals surface area (Å²) in [4.78, 5) is 20.3. The van der Waals surface area contributed by atoms with Crippen molar-refractivity contribution in [3.8, 4) is 79.2 Å². The SMILES string of the molecule is c1ccc(-c2nc(-c3ccccc3)nc(-c3ccc(-c4ccc5c(c4)nc(-c4ccccc4)c4ccc6c(c45)-c4ccccc4C64c5ccccc5Oc5ccccc54)cc3)n2)cc1. The number of para-hydroxylation sites is 2. The maximum Gasteiger partial charge on any atom is 0.164 e. The largest absolute Gasteiger partial charge is 0.457 e. The van der Waals surface area contributed by atoms with Crippen LogP contribution in [0.25, 0.3) is 89.4 Å². The molecule has 5 nitrogen and oxygen atoms in total. The molecule has 0 bridgehead atoms. The zero-order valence-corrected chi connectivity index (χ0v) is 34.5. The van der Waals surface area contributed by atoms with Crippen LogP contribution in [0.3, 0.4) is 0 Å². The molecule has 298 valence electrons. The molecular formula is C59H36N4O. The summed E-state index contributed by atoms with van der Waals surface area (Å²) >= 11 is 0. The first kappa shape index (κ1) is 36.1. The highest BCUT2D eigenvalue weighted by atomic mass is 16.5. The van der Waals surface area contributed by atoms with Gasteiger partial charge in [-0.2, -0.15) is 0 Å². The van der Waals surface area contributed by atoms with Gasteiger partial charge in [-0.3, -0.25) is 0 Å². The number of pyridine rings is 1. The molecule has 1 aliphatic carbocycles. The van der Waals surface area contributed by atoms with Gasteiger partial charge in [-0.15, -0.1) is 0 Å². The maximum absolute atomic E-state index is 6.64. The number of hydrogen-bond donors (Lipinski definition) is 0. The Kier molecular flexibility index (Phi) is 8.06. The summed E-state index contributed by atoms with van der Waals surface area (Å²) in [5.74, 6) is 3.67. The quantitative estimate of drug-likeness (QED) is 0.162. The molecule has 9 aromatic carbocycles. The Hall–Kier alpha value is -8.54. The number of aromatic nitrogens is 4. The predicted molar refractivity (Wildman–Crippen MR) is 257 cm³/mol. The van der Waals surface area contributed by atoms with Gasteiger partial charge in [0.15, 0.2) is 17.5 Å². The fraction of sp³-hybridized carbons (Fsp3) is 0.0169. The second kappa shape index (κ2) is 14.3. The topological polar surface area (TPSA) is 60.8 Å². The third-order valence-corrected chi connectivity index (χ3v) is 13.0. The van der Waals surface area contributed by atoms with E-state index in [-0.39, 0.29) is 0 Å². The number of nitrogens with zero attached hydrogens (tertiary/aromatic N) is 4. The van der Waals surface area contributed by atoms with Crippen LogP contribution < -0.4 is 4.74 Å². The summed E-state index contributed by atoms with van der Waals surface area (Å²) in [6, 6.07) is 76.7. The van der Waals surface area contributed by atoms with E-state index >= 15 is 0 Å². The summed E-state index contributed by atoms with van der Waals surface area (Å²) in [5, 5.41) is 3.43. The van der Waals surface area contributed by atoms with Crippen molar-refractivity contribution in [1.82, 2.24) is 19.9 Å². The zero-order chi connectivity index (χ0) is 42.2. The number of ether oxygens (including phenoxy) is 1. The highest BCUT2D eigenvalue weighted by Crippen LogP contribution is 2.63. The smallest absolute Gasteiger partial charge is 0.164 e. The first-order valence-electron chi connectivity index (χ1n) is 21.6. The van der Waals surface area contributed by atoms with E-state index in [4.69, 9.17) is 24.7 Å². The maximum atomic E-state index is 6.64. The molecular weight excluding hydrogens is 781 g/mol. The Labute approximate surface area is 370 Å². The van der Waals surface area contributed by atoms with Crippen LogP contribution in [0.2, 0.25) is 0 Å². The van der Waals surface area contributed by atoms with Crippen molar-refractivity contribution in [2.45, 2.75) is 5.41 Å². The Morgan fingerprint density at radius 1 is 0.328 bits per heavy atom. The van der Waals surface area contributed by atoms with Crippen LogP contribution in [0.15, 0.2) is 218 Å². The first-order valence-corrected chi connectivity index (χ1v) is 21.6. The lowest BCUT2D eigenvalue weighted by molar-refractivity contribution is 0.436. The monoisotopic (exact) mass is 816 g/mol. The molecule has 0 saturated heterocycles. The Bertz CT molecular complexity index is 3520. The van der Waals surface area contributed by atoms with Crippen LogP contribution in [0.5, 0.6) is 11.5 Å². The van der Waals surface area contributed by atoms with Gasteiger partial charge in [0.05, 0.1) is 16.6 Å². The molecule has 11 aromatic rings. The lowest BCUT2D eigenvalue weighted by Gasteiger charge is -2.39. The Balaban J connectivity index is 1.00. The minimum Gasteiger partial charge on any atom is -0.457 e. The average molecular weight is 817 g/mol. The van der Waals surface area contributed by atoms with Crippen molar-refractivity contribution in [3.05, 3.63) is 241 Å². The molecule has 3 heterocycles. The van der Waals surface area contributed by atoms with Crippen LogP contribution in [0.4, 0.5) is 0 Å². The lowest BCUT2D eigenvalue weighted by Crippen LogP contribution is -2.32. The second-order valence-electron chi connectivity index (χ2n) is 16.5. The standard InChI is InChI=1S/C59H36N4O/c1-4-16-38(17-5-1)55-45-34-35-49-54(43-22-10-11-23-46(43)59(49)47-24-12-14-26-51(47)64-52-27-15-13-25-48(52)59)53(45)44-33-32-42(36-50(44)60-55)37-28-30-41(31-29-37)58-62-56(39-18-6-2-7-19-39)61-57(63-58)40-20-8-3-9-21-40/h1-36H. The van der Waals surface area contributed by atoms with E-state index in [1.807, 2.05) is 60.7 Å². The summed E-state index contributed by atoms with van der Waals surface area (Å²) in [6.07, 6.45) is 0. The minimum absolute atomic E-state index is 0.571. The van der Waals surface area contributed by atoms with Gasteiger partial charge in [0, 0.05) is 49.5 Å². The van der Waals surface area contributed by atoms with Gasteiger partial charge in [0.1, 0.15) is 11.5 Å². The van der Waals surface area contributed by atoms with Gasteiger partial charge in [-0.25, -0.2) is 19.9 Å². The molecule has 0 fully saturated rings. The molecule has 64 heavy (non-hydrogen) atoms. The van der Waals surface area contributed by atoms with E-state index in [1.165, 1.54) is 27.6 Å². The fourth-order valence-electron chi connectivity index (χ4n) is 10.2. The third kappa shape index (κ3) is 5.44. The molecule has 2 aromatic heterocycles.